The van der Waals surface area contributed by atoms with Crippen LogP contribution in [0.5, 0.6) is 5.75 Å². The Hall–Kier alpha value is -4.12. The van der Waals surface area contributed by atoms with E-state index in [1.165, 1.54) is 23.3 Å². The molecule has 5 aromatic rings. The number of nitrogens with zero attached hydrogens (tertiary/aromatic N) is 3. The van der Waals surface area contributed by atoms with Gasteiger partial charge in [-0.05, 0) is 74.5 Å². The lowest BCUT2D eigenvalue weighted by Crippen LogP contribution is -2.42. The van der Waals surface area contributed by atoms with Crippen molar-refractivity contribution in [2.75, 3.05) is 26.9 Å². The predicted molar refractivity (Wildman–Crippen MR) is 172 cm³/mol. The third kappa shape index (κ3) is 6.38. The number of methoxy groups -OCH3 is 1. The van der Waals surface area contributed by atoms with Gasteiger partial charge in [-0.25, -0.2) is 9.37 Å². The standard InChI is InChI=1S/C34H36FN5O3S/c1-34(2,3)39-29(41)20-40-19-24(18-37-40)32-30(26-8-7-25(35)16-28(26)43-13-12-42-4)33-27(10-14-44-33)31(38-32)22-5-6-23-17-36-11-9-21(23)15-22/h5-8,10,14-16,18-19,36H,9,11-13,17,20H2,1-4H3,(H,39,41). The third-order valence-corrected chi connectivity index (χ3v) is 8.39. The van der Waals surface area contributed by atoms with Crippen molar-refractivity contribution in [2.45, 2.75) is 45.8 Å². The van der Waals surface area contributed by atoms with Crippen LogP contribution < -0.4 is 15.4 Å². The molecule has 0 aliphatic carbocycles. The Morgan fingerprint density at radius 1 is 1.09 bits per heavy atom. The SMILES string of the molecule is COCCOc1cc(F)ccc1-c1c(-c2cnn(CC(=O)NC(C)(C)C)c2)nc(-c2ccc3c(c2)CCNC3)c2ccsc12. The number of rotatable bonds is 9. The van der Waals surface area contributed by atoms with Gasteiger partial charge in [0, 0.05) is 63.8 Å². The first-order valence-corrected chi connectivity index (χ1v) is 15.6. The molecule has 0 saturated carbocycles. The first-order valence-electron chi connectivity index (χ1n) is 14.7. The van der Waals surface area contributed by atoms with E-state index in [2.05, 4.69) is 45.4 Å². The number of ether oxygens (including phenoxy) is 2. The minimum atomic E-state index is -0.393. The number of hydrogen-bond donors (Lipinski definition) is 2. The van der Waals surface area contributed by atoms with Crippen LogP contribution in [0.3, 0.4) is 0 Å². The van der Waals surface area contributed by atoms with Crippen molar-refractivity contribution >= 4 is 27.3 Å². The lowest BCUT2D eigenvalue weighted by Gasteiger charge is -2.20. The fraction of sp³-hybridized carbons (Fsp3) is 0.324. The molecule has 6 rings (SSSR count). The number of benzene rings is 2. The van der Waals surface area contributed by atoms with Gasteiger partial charge in [0.05, 0.1) is 24.2 Å². The number of thiophene rings is 1. The van der Waals surface area contributed by atoms with E-state index < -0.39 is 5.82 Å². The molecule has 1 aliphatic rings. The summed E-state index contributed by atoms with van der Waals surface area (Å²) in [7, 11) is 1.60. The smallest absolute Gasteiger partial charge is 0.242 e. The topological polar surface area (TPSA) is 90.3 Å². The molecule has 0 radical (unpaired) electrons. The van der Waals surface area contributed by atoms with Gasteiger partial charge in [0.25, 0.3) is 0 Å². The van der Waals surface area contributed by atoms with Crippen molar-refractivity contribution < 1.29 is 18.7 Å². The number of halogens is 1. The molecule has 0 atom stereocenters. The summed E-state index contributed by atoms with van der Waals surface area (Å²) in [5.74, 6) is -0.118. The highest BCUT2D eigenvalue weighted by Crippen LogP contribution is 2.46. The lowest BCUT2D eigenvalue weighted by atomic mass is 9.93. The molecule has 2 aromatic carbocycles. The number of aromatic nitrogens is 3. The zero-order chi connectivity index (χ0) is 30.8. The molecule has 0 spiro atoms. The summed E-state index contributed by atoms with van der Waals surface area (Å²) in [6, 6.07) is 13.2. The fourth-order valence-corrected chi connectivity index (χ4v) is 6.52. The van der Waals surface area contributed by atoms with Crippen LogP contribution in [0.1, 0.15) is 31.9 Å². The summed E-state index contributed by atoms with van der Waals surface area (Å²) in [6.45, 7) is 8.35. The summed E-state index contributed by atoms with van der Waals surface area (Å²) in [5.41, 5.74) is 7.14. The van der Waals surface area contributed by atoms with Crippen molar-refractivity contribution in [3.8, 4) is 39.4 Å². The summed E-state index contributed by atoms with van der Waals surface area (Å²) in [4.78, 5) is 18.0. The van der Waals surface area contributed by atoms with Crippen LogP contribution in [0.25, 0.3) is 43.7 Å². The van der Waals surface area contributed by atoms with Gasteiger partial charge in [-0.1, -0.05) is 12.1 Å². The maximum atomic E-state index is 14.5. The van der Waals surface area contributed by atoms with E-state index in [4.69, 9.17) is 14.5 Å². The second-order valence-corrected chi connectivity index (χ2v) is 12.9. The summed E-state index contributed by atoms with van der Waals surface area (Å²) < 4.78 is 28.4. The van der Waals surface area contributed by atoms with Gasteiger partial charge >= 0.3 is 0 Å². The molecule has 4 heterocycles. The van der Waals surface area contributed by atoms with Gasteiger partial charge in [-0.2, -0.15) is 5.10 Å². The number of nitrogens with one attached hydrogen (secondary N) is 2. The van der Waals surface area contributed by atoms with E-state index in [9.17, 15) is 9.18 Å². The molecule has 1 amide bonds. The Kier molecular flexibility index (Phi) is 8.48. The molecule has 8 nitrogen and oxygen atoms in total. The largest absolute Gasteiger partial charge is 0.490 e. The Morgan fingerprint density at radius 2 is 1.95 bits per heavy atom. The van der Waals surface area contributed by atoms with Crippen LogP contribution in [-0.2, 0) is 29.0 Å². The Labute approximate surface area is 260 Å². The van der Waals surface area contributed by atoms with Gasteiger partial charge in [0.15, 0.2) is 0 Å². The predicted octanol–water partition coefficient (Wildman–Crippen LogP) is 6.22. The van der Waals surface area contributed by atoms with Crippen LogP contribution in [0, 0.1) is 5.82 Å². The number of pyridine rings is 1. The van der Waals surface area contributed by atoms with E-state index in [1.54, 1.807) is 35.4 Å². The number of carbonyl (C=O) groups excluding carboxylic acids is 1. The average Bonchev–Trinajstić information content (AvgIpc) is 3.66. The summed E-state index contributed by atoms with van der Waals surface area (Å²) in [5, 5.41) is 14.0. The van der Waals surface area contributed by atoms with Crippen LogP contribution in [0.15, 0.2) is 60.2 Å². The van der Waals surface area contributed by atoms with E-state index in [0.29, 0.717) is 18.1 Å². The molecule has 2 N–H and O–H groups in total. The molecule has 0 fully saturated rings. The monoisotopic (exact) mass is 613 g/mol. The normalized spacial score (nSPS) is 13.2. The van der Waals surface area contributed by atoms with Crippen molar-refractivity contribution in [3.63, 3.8) is 0 Å². The Morgan fingerprint density at radius 3 is 2.77 bits per heavy atom. The highest BCUT2D eigenvalue weighted by atomic mass is 32.1. The van der Waals surface area contributed by atoms with Gasteiger partial charge in [0.2, 0.25) is 5.91 Å². The molecule has 1 aliphatic heterocycles. The average molecular weight is 614 g/mol. The van der Waals surface area contributed by atoms with E-state index in [-0.39, 0.29) is 24.6 Å². The first kappa shape index (κ1) is 29.9. The minimum absolute atomic E-state index is 0.0709. The molecular formula is C34H36FN5O3S. The molecule has 0 saturated heterocycles. The van der Waals surface area contributed by atoms with E-state index in [0.717, 1.165) is 57.5 Å². The second kappa shape index (κ2) is 12.5. The lowest BCUT2D eigenvalue weighted by molar-refractivity contribution is -0.123. The molecule has 0 unspecified atom stereocenters. The fourth-order valence-electron chi connectivity index (χ4n) is 5.56. The van der Waals surface area contributed by atoms with Crippen LogP contribution in [0.2, 0.25) is 0 Å². The third-order valence-electron chi connectivity index (χ3n) is 7.46. The van der Waals surface area contributed by atoms with E-state index in [1.807, 2.05) is 27.0 Å². The molecule has 3 aromatic heterocycles. The molecule has 10 heteroatoms. The number of carbonyl (C=O) groups is 1. The van der Waals surface area contributed by atoms with Gasteiger partial charge < -0.3 is 20.1 Å². The summed E-state index contributed by atoms with van der Waals surface area (Å²) >= 11 is 1.60. The minimum Gasteiger partial charge on any atom is -0.490 e. The van der Waals surface area contributed by atoms with Crippen LogP contribution in [0.4, 0.5) is 4.39 Å². The highest BCUT2D eigenvalue weighted by Gasteiger charge is 2.24. The number of hydrogen-bond acceptors (Lipinski definition) is 7. The number of fused-ring (bicyclic) bond motifs is 2. The van der Waals surface area contributed by atoms with Gasteiger partial charge in [-0.3, -0.25) is 9.48 Å². The number of amides is 1. The second-order valence-electron chi connectivity index (χ2n) is 12.0. The molecular weight excluding hydrogens is 577 g/mol. The maximum absolute atomic E-state index is 14.5. The Balaban J connectivity index is 1.53. The van der Waals surface area contributed by atoms with Crippen LogP contribution in [-0.4, -0.2) is 53.1 Å². The van der Waals surface area contributed by atoms with Gasteiger partial charge in [-0.15, -0.1) is 11.3 Å². The van der Waals surface area contributed by atoms with Crippen molar-refractivity contribution in [1.82, 2.24) is 25.4 Å². The zero-order valence-electron chi connectivity index (χ0n) is 25.4. The van der Waals surface area contributed by atoms with Crippen LogP contribution >= 0.6 is 11.3 Å². The summed E-state index contributed by atoms with van der Waals surface area (Å²) in [6.07, 6.45) is 4.53. The van der Waals surface area contributed by atoms with Crippen molar-refractivity contribution in [3.05, 3.63) is 77.2 Å². The van der Waals surface area contributed by atoms with E-state index >= 15 is 0 Å². The van der Waals surface area contributed by atoms with Crippen molar-refractivity contribution in [1.29, 1.82) is 0 Å². The highest BCUT2D eigenvalue weighted by molar-refractivity contribution is 7.18. The van der Waals surface area contributed by atoms with Crippen molar-refractivity contribution in [2.24, 2.45) is 0 Å². The molecule has 0 bridgehead atoms. The zero-order valence-corrected chi connectivity index (χ0v) is 26.2. The maximum Gasteiger partial charge on any atom is 0.242 e. The molecule has 44 heavy (non-hydrogen) atoms. The first-order chi connectivity index (χ1) is 21.2. The quantitative estimate of drug-likeness (QED) is 0.192. The Bertz CT molecular complexity index is 1820. The molecule has 228 valence electrons. The van der Waals surface area contributed by atoms with Gasteiger partial charge in [0.1, 0.15) is 24.7 Å².